The van der Waals surface area contributed by atoms with Crippen molar-refractivity contribution in [3.8, 4) is 0 Å². The number of carbonyl (C=O) groups excluding carboxylic acids is 2. The van der Waals surface area contributed by atoms with Crippen molar-refractivity contribution >= 4 is 11.8 Å². The predicted molar refractivity (Wildman–Crippen MR) is 86.8 cm³/mol. The first-order chi connectivity index (χ1) is 11.8. The third-order valence-electron chi connectivity index (χ3n) is 3.57. The highest BCUT2D eigenvalue weighted by Gasteiger charge is 2.29. The van der Waals surface area contributed by atoms with Crippen molar-refractivity contribution in [2.24, 2.45) is 0 Å². The number of hydrogen-bond donors (Lipinski definition) is 2. The highest BCUT2D eigenvalue weighted by Crippen LogP contribution is 2.28. The lowest BCUT2D eigenvalue weighted by Gasteiger charge is -2.10. The van der Waals surface area contributed by atoms with Gasteiger partial charge in [0.15, 0.2) is 0 Å². The minimum atomic E-state index is -4.39. The van der Waals surface area contributed by atoms with Crippen molar-refractivity contribution in [2.45, 2.75) is 19.6 Å². The monoisotopic (exact) mass is 350 g/mol. The average molecular weight is 350 g/mol. The Hall–Kier alpha value is -2.83. The Kier molecular flexibility index (Phi) is 5.80. The van der Waals surface area contributed by atoms with E-state index in [0.29, 0.717) is 11.1 Å². The molecule has 0 heterocycles. The summed E-state index contributed by atoms with van der Waals surface area (Å²) in [7, 11) is 0. The van der Waals surface area contributed by atoms with Gasteiger partial charge in [-0.05, 0) is 36.2 Å². The fourth-order valence-electron chi connectivity index (χ4n) is 2.16. The molecule has 2 N–H and O–H groups in total. The first kappa shape index (κ1) is 18.5. The highest BCUT2D eigenvalue weighted by molar-refractivity contribution is 5.97. The van der Waals surface area contributed by atoms with Gasteiger partial charge in [-0.15, -0.1) is 0 Å². The van der Waals surface area contributed by atoms with Gasteiger partial charge in [0.25, 0.3) is 5.91 Å². The van der Waals surface area contributed by atoms with Gasteiger partial charge in [0.2, 0.25) is 5.91 Å². The van der Waals surface area contributed by atoms with Gasteiger partial charge in [-0.3, -0.25) is 9.59 Å². The Morgan fingerprint density at radius 1 is 0.960 bits per heavy atom. The average Bonchev–Trinajstić information content (AvgIpc) is 2.58. The molecule has 0 bridgehead atoms. The molecule has 0 saturated carbocycles. The lowest BCUT2D eigenvalue weighted by molar-refractivity contribution is -0.137. The van der Waals surface area contributed by atoms with E-state index in [0.717, 1.165) is 17.7 Å². The molecule has 0 radical (unpaired) electrons. The van der Waals surface area contributed by atoms with Gasteiger partial charge < -0.3 is 10.6 Å². The van der Waals surface area contributed by atoms with E-state index < -0.39 is 17.6 Å². The molecule has 0 atom stereocenters. The Labute approximate surface area is 143 Å². The van der Waals surface area contributed by atoms with Crippen molar-refractivity contribution in [3.63, 3.8) is 0 Å². The van der Waals surface area contributed by atoms with Crippen LogP contribution in [0.15, 0.2) is 48.5 Å². The first-order valence-electron chi connectivity index (χ1n) is 7.54. The Bertz CT molecular complexity index is 756. The Balaban J connectivity index is 1.81. The second-order valence-electron chi connectivity index (χ2n) is 5.47. The molecule has 0 aliphatic rings. The predicted octanol–water partition coefficient (Wildman–Crippen LogP) is 3.06. The Morgan fingerprint density at radius 2 is 1.60 bits per heavy atom. The molecule has 0 saturated heterocycles. The number of benzene rings is 2. The summed E-state index contributed by atoms with van der Waals surface area (Å²) < 4.78 is 37.4. The number of alkyl halides is 3. The van der Waals surface area contributed by atoms with Crippen LogP contribution in [0.3, 0.4) is 0 Å². The molecule has 0 aliphatic heterocycles. The summed E-state index contributed by atoms with van der Waals surface area (Å²) in [5, 5.41) is 5.05. The van der Waals surface area contributed by atoms with E-state index in [1.165, 1.54) is 12.1 Å². The third kappa shape index (κ3) is 5.34. The summed E-state index contributed by atoms with van der Waals surface area (Å²) in [5.74, 6) is -0.787. The molecule has 0 aliphatic carbocycles. The van der Waals surface area contributed by atoms with Gasteiger partial charge in [-0.1, -0.05) is 30.3 Å². The number of carbonyl (C=O) groups is 2. The molecule has 2 rings (SSSR count). The zero-order valence-electron chi connectivity index (χ0n) is 13.5. The zero-order valence-corrected chi connectivity index (χ0v) is 13.5. The molecule has 7 heteroatoms. The zero-order chi connectivity index (χ0) is 18.4. The standard InChI is InChI=1S/C18H17F3N2O2/c1-12-4-2-3-5-15(12)17(25)23-11-16(24)22-10-13-6-8-14(9-7-13)18(19,20)21/h2-9H,10-11H2,1H3,(H,22,24)(H,23,25). The van der Waals surface area contributed by atoms with Gasteiger partial charge in [0.1, 0.15) is 0 Å². The van der Waals surface area contributed by atoms with Crippen molar-refractivity contribution in [1.82, 2.24) is 10.6 Å². The molecule has 2 amide bonds. The van der Waals surface area contributed by atoms with Gasteiger partial charge in [-0.25, -0.2) is 0 Å². The quantitative estimate of drug-likeness (QED) is 0.871. The minimum Gasteiger partial charge on any atom is -0.350 e. The van der Waals surface area contributed by atoms with E-state index >= 15 is 0 Å². The smallest absolute Gasteiger partial charge is 0.350 e. The molecular weight excluding hydrogens is 333 g/mol. The van der Waals surface area contributed by atoms with Crippen LogP contribution in [0.2, 0.25) is 0 Å². The van der Waals surface area contributed by atoms with Gasteiger partial charge >= 0.3 is 6.18 Å². The van der Waals surface area contributed by atoms with Crippen LogP contribution in [0.1, 0.15) is 27.0 Å². The molecule has 2 aromatic rings. The van der Waals surface area contributed by atoms with Crippen LogP contribution in [-0.4, -0.2) is 18.4 Å². The van der Waals surface area contributed by atoms with Gasteiger partial charge in [-0.2, -0.15) is 13.2 Å². The lowest BCUT2D eigenvalue weighted by Crippen LogP contribution is -2.36. The van der Waals surface area contributed by atoms with Crippen LogP contribution in [0, 0.1) is 6.92 Å². The van der Waals surface area contributed by atoms with E-state index in [2.05, 4.69) is 10.6 Å². The van der Waals surface area contributed by atoms with Gasteiger partial charge in [0, 0.05) is 12.1 Å². The van der Waals surface area contributed by atoms with E-state index in [4.69, 9.17) is 0 Å². The molecular formula is C18H17F3N2O2. The SMILES string of the molecule is Cc1ccccc1C(=O)NCC(=O)NCc1ccc(C(F)(F)F)cc1. The molecule has 4 nitrogen and oxygen atoms in total. The molecule has 0 unspecified atom stereocenters. The minimum absolute atomic E-state index is 0.0806. The van der Waals surface area contributed by atoms with Crippen molar-refractivity contribution in [3.05, 3.63) is 70.8 Å². The topological polar surface area (TPSA) is 58.2 Å². The van der Waals surface area contributed by atoms with E-state index in [9.17, 15) is 22.8 Å². The summed E-state index contributed by atoms with van der Waals surface area (Å²) in [6.07, 6.45) is -4.39. The van der Waals surface area contributed by atoms with Crippen LogP contribution in [0.4, 0.5) is 13.2 Å². The van der Waals surface area contributed by atoms with Crippen molar-refractivity contribution in [1.29, 1.82) is 0 Å². The normalized spacial score (nSPS) is 11.0. The second-order valence-corrected chi connectivity index (χ2v) is 5.47. The number of amides is 2. The van der Waals surface area contributed by atoms with Crippen molar-refractivity contribution in [2.75, 3.05) is 6.54 Å². The Morgan fingerprint density at radius 3 is 2.20 bits per heavy atom. The summed E-state index contributed by atoms with van der Waals surface area (Å²) in [4.78, 5) is 23.7. The number of aryl methyl sites for hydroxylation is 1. The summed E-state index contributed by atoms with van der Waals surface area (Å²) in [6, 6.07) is 11.5. The highest BCUT2D eigenvalue weighted by atomic mass is 19.4. The van der Waals surface area contributed by atoms with E-state index in [-0.39, 0.29) is 19.0 Å². The number of rotatable bonds is 5. The molecule has 25 heavy (non-hydrogen) atoms. The third-order valence-corrected chi connectivity index (χ3v) is 3.57. The number of hydrogen-bond acceptors (Lipinski definition) is 2. The maximum Gasteiger partial charge on any atom is 0.416 e. The fraction of sp³-hybridized carbons (Fsp3) is 0.222. The molecule has 0 fully saturated rings. The van der Waals surface area contributed by atoms with Crippen LogP contribution >= 0.6 is 0 Å². The van der Waals surface area contributed by atoms with Crippen LogP contribution in [0.25, 0.3) is 0 Å². The maximum atomic E-state index is 12.5. The van der Waals surface area contributed by atoms with Crippen molar-refractivity contribution < 1.29 is 22.8 Å². The summed E-state index contributed by atoms with van der Waals surface area (Å²) in [5.41, 5.74) is 1.07. The van der Waals surface area contributed by atoms with Crippen LogP contribution < -0.4 is 10.6 Å². The number of halogens is 3. The first-order valence-corrected chi connectivity index (χ1v) is 7.54. The largest absolute Gasteiger partial charge is 0.416 e. The fourth-order valence-corrected chi connectivity index (χ4v) is 2.16. The van der Waals surface area contributed by atoms with Gasteiger partial charge in [0.05, 0.1) is 12.1 Å². The molecule has 0 spiro atoms. The molecule has 2 aromatic carbocycles. The van der Waals surface area contributed by atoms with E-state index in [1.54, 1.807) is 25.1 Å². The molecule has 132 valence electrons. The molecule has 0 aromatic heterocycles. The van der Waals surface area contributed by atoms with E-state index in [1.807, 2.05) is 6.07 Å². The summed E-state index contributed by atoms with van der Waals surface area (Å²) >= 11 is 0. The second kappa shape index (κ2) is 7.83. The van der Waals surface area contributed by atoms with Crippen LogP contribution in [-0.2, 0) is 17.5 Å². The van der Waals surface area contributed by atoms with Crippen LogP contribution in [0.5, 0.6) is 0 Å². The maximum absolute atomic E-state index is 12.5. The lowest BCUT2D eigenvalue weighted by atomic mass is 10.1. The summed E-state index contributed by atoms with van der Waals surface area (Å²) in [6.45, 7) is 1.66. The number of nitrogens with one attached hydrogen (secondary N) is 2.